The third-order valence-electron chi connectivity index (χ3n) is 8.90. The minimum Gasteiger partial charge on any atom is -0.338 e. The lowest BCUT2D eigenvalue weighted by molar-refractivity contribution is 0.0762. The molecule has 1 aliphatic heterocycles. The molecule has 7 rings (SSSR count). The highest BCUT2D eigenvalue weighted by Crippen LogP contribution is 2.88. The van der Waals surface area contributed by atoms with E-state index in [-0.39, 0.29) is 31.3 Å². The van der Waals surface area contributed by atoms with E-state index in [0.717, 1.165) is 0 Å². The number of hydrogen-bond donors (Lipinski definition) is 0. The second kappa shape index (κ2) is 7.45. The molecule has 5 aliphatic carbocycles. The van der Waals surface area contributed by atoms with E-state index in [1.165, 1.54) is 12.1 Å². The fraction of sp³-hybridized carbons (Fsp3) is 0.476. The Kier molecular flexibility index (Phi) is 5.56. The van der Waals surface area contributed by atoms with Crippen LogP contribution in [0.2, 0.25) is 0 Å². The van der Waals surface area contributed by atoms with Gasteiger partial charge in [0.2, 0.25) is 0 Å². The first-order valence-corrected chi connectivity index (χ1v) is 16.5. The van der Waals surface area contributed by atoms with Crippen molar-refractivity contribution >= 4 is 155 Å². The summed E-state index contributed by atoms with van der Waals surface area (Å²) in [5.74, 6) is -5.15. The van der Waals surface area contributed by atoms with Gasteiger partial charge in [0.1, 0.15) is 24.4 Å². The van der Waals surface area contributed by atoms with Gasteiger partial charge in [-0.1, -0.05) is 92.8 Å². The fourth-order valence-electron chi connectivity index (χ4n) is 7.48. The Morgan fingerprint density at radius 1 is 0.632 bits per heavy atom. The molecule has 1 heterocycles. The zero-order valence-corrected chi connectivity index (χ0v) is 27.4. The molecular formula is C21H6Cl12O4S. The number of carbonyl (C=O) groups is 1. The number of benzene rings is 1. The highest BCUT2D eigenvalue weighted by atomic mass is 35.5. The highest BCUT2D eigenvalue weighted by molar-refractivity contribution is 7.87. The minimum atomic E-state index is -4.45. The lowest BCUT2D eigenvalue weighted by Crippen LogP contribution is -2.53. The number of carbonyl (C=O) groups excluding carboxylic acids is 1. The highest BCUT2D eigenvalue weighted by Gasteiger charge is 2.91. The predicted octanol–water partition coefficient (Wildman–Crippen LogP) is 8.65. The third kappa shape index (κ3) is 2.41. The van der Waals surface area contributed by atoms with Crippen LogP contribution in [0.1, 0.15) is 33.3 Å². The van der Waals surface area contributed by atoms with Crippen LogP contribution in [0.5, 0.6) is 0 Å². The van der Waals surface area contributed by atoms with Crippen molar-refractivity contribution in [2.75, 3.05) is 0 Å². The average molecular weight is 780 g/mol. The number of fused-ring (bicyclic) bond motifs is 15. The molecule has 4 nitrogen and oxygen atoms in total. The summed E-state index contributed by atoms with van der Waals surface area (Å²) in [5, 5.41) is -0.529. The molecule has 4 bridgehead atoms. The molecule has 1 aromatic rings. The number of alkyl halides is 8. The van der Waals surface area contributed by atoms with E-state index in [1.54, 1.807) is 0 Å². The Bertz CT molecular complexity index is 1640. The molecule has 0 saturated heterocycles. The Balaban J connectivity index is 1.67. The number of halogens is 12. The van der Waals surface area contributed by atoms with E-state index in [0.29, 0.717) is 5.56 Å². The first-order valence-electron chi connectivity index (χ1n) is 10.5. The van der Waals surface area contributed by atoms with Gasteiger partial charge in [-0.25, -0.2) is 4.79 Å². The Labute approximate surface area is 275 Å². The third-order valence-corrected chi connectivity index (χ3v) is 18.7. The van der Waals surface area contributed by atoms with Gasteiger partial charge in [-0.05, 0) is 23.3 Å². The van der Waals surface area contributed by atoms with Crippen LogP contribution in [-0.4, -0.2) is 42.6 Å². The molecule has 8 atom stereocenters. The van der Waals surface area contributed by atoms with Crippen LogP contribution in [0.25, 0.3) is 0 Å². The van der Waals surface area contributed by atoms with Crippen molar-refractivity contribution in [1.82, 2.24) is 0 Å². The maximum Gasteiger partial charge on any atom is 0.355 e. The summed E-state index contributed by atoms with van der Waals surface area (Å²) in [6.45, 7) is 0. The van der Waals surface area contributed by atoms with Gasteiger partial charge in [0, 0.05) is 23.7 Å². The zero-order valence-electron chi connectivity index (χ0n) is 17.5. The molecule has 2 saturated carbocycles. The van der Waals surface area contributed by atoms with Gasteiger partial charge in [-0.2, -0.15) is 8.42 Å². The van der Waals surface area contributed by atoms with E-state index in [9.17, 15) is 13.2 Å². The first kappa shape index (κ1) is 28.4. The van der Waals surface area contributed by atoms with Gasteiger partial charge in [0.15, 0.2) is 8.67 Å². The van der Waals surface area contributed by atoms with E-state index in [4.69, 9.17) is 139 Å². The zero-order chi connectivity index (χ0) is 28.1. The smallest absolute Gasteiger partial charge is 0.338 e. The van der Waals surface area contributed by atoms with Crippen LogP contribution in [-0.2, 0) is 14.3 Å². The topological polar surface area (TPSA) is 60.4 Å². The molecule has 0 aromatic heterocycles. The van der Waals surface area contributed by atoms with Gasteiger partial charge in [0.25, 0.3) is 0 Å². The van der Waals surface area contributed by atoms with E-state index < -0.39 is 72.8 Å². The lowest BCUT2D eigenvalue weighted by Gasteiger charge is -2.52. The summed E-state index contributed by atoms with van der Waals surface area (Å²) in [4.78, 5) is 4.64. The molecule has 0 N–H and O–H groups in total. The van der Waals surface area contributed by atoms with Crippen molar-refractivity contribution in [3.8, 4) is 0 Å². The monoisotopic (exact) mass is 774 g/mol. The first-order chi connectivity index (χ1) is 17.2. The molecule has 1 aromatic carbocycles. The van der Waals surface area contributed by atoms with Crippen LogP contribution in [0, 0.1) is 11.8 Å². The molecule has 2 fully saturated rings. The van der Waals surface area contributed by atoms with Gasteiger partial charge in [-0.15, -0.1) is 46.4 Å². The Morgan fingerprint density at radius 2 is 1.00 bits per heavy atom. The second-order valence-corrected chi connectivity index (χ2v) is 18.1. The Hall–Kier alpha value is 1.60. The molecule has 0 unspecified atom stereocenters. The van der Waals surface area contributed by atoms with Crippen LogP contribution >= 0.6 is 139 Å². The van der Waals surface area contributed by atoms with Gasteiger partial charge < -0.3 is 4.18 Å². The van der Waals surface area contributed by atoms with Gasteiger partial charge >= 0.3 is 16.1 Å². The number of rotatable bonds is 0. The number of hydrogen-bond acceptors (Lipinski definition) is 4. The molecule has 0 radical (unpaired) electrons. The summed E-state index contributed by atoms with van der Waals surface area (Å²) in [6, 6.07) is 2.55. The van der Waals surface area contributed by atoms with Crippen molar-refractivity contribution in [2.45, 2.75) is 44.9 Å². The van der Waals surface area contributed by atoms with E-state index >= 15 is 0 Å². The molecule has 17 heteroatoms. The quantitative estimate of drug-likeness (QED) is 0.196. The van der Waals surface area contributed by atoms with E-state index in [1.807, 2.05) is 0 Å². The fourth-order valence-corrected chi connectivity index (χ4v) is 14.6. The van der Waals surface area contributed by atoms with E-state index in [2.05, 4.69) is 4.18 Å². The molecule has 0 spiro atoms. The van der Waals surface area contributed by atoms with Gasteiger partial charge in [-0.3, -0.25) is 0 Å². The molecular weight excluding hydrogens is 774 g/mol. The average Bonchev–Trinajstić information content (AvgIpc) is 3.28. The van der Waals surface area contributed by atoms with Crippen LogP contribution in [0.15, 0.2) is 37.2 Å². The van der Waals surface area contributed by atoms with Crippen molar-refractivity contribution < 1.29 is 17.4 Å². The minimum absolute atomic E-state index is 0.125. The normalized spacial score (nSPS) is 47.7. The molecule has 6 aliphatic rings. The summed E-state index contributed by atoms with van der Waals surface area (Å²) < 4.78 is 25.9. The van der Waals surface area contributed by atoms with Crippen molar-refractivity contribution in [2.24, 2.45) is 11.8 Å². The van der Waals surface area contributed by atoms with Crippen molar-refractivity contribution in [1.29, 1.82) is 0 Å². The van der Waals surface area contributed by atoms with Crippen LogP contribution in [0.3, 0.4) is 0 Å². The standard InChI is InChI=1S/C21H6Cl12O4S/c22-11-13(24)18(28)9-7(16(11,26)20(18,30)31)3-1-5-6(38(35,36)37-15(5)34)2-4(3)8-10(9)19(29)14(25)12(23)17(8,27)21(19,32)33/h1-2,7-10H/t7-,8-,9-,10-,16-,17-,18-,19-/m1/s1. The lowest BCUT2D eigenvalue weighted by atomic mass is 9.57. The van der Waals surface area contributed by atoms with Crippen LogP contribution in [0.4, 0.5) is 0 Å². The summed E-state index contributed by atoms with van der Waals surface area (Å²) in [6.07, 6.45) is 0. The van der Waals surface area contributed by atoms with Crippen molar-refractivity contribution in [3.63, 3.8) is 0 Å². The molecule has 38 heavy (non-hydrogen) atoms. The maximum atomic E-state index is 12.7. The largest absolute Gasteiger partial charge is 0.355 e. The molecule has 204 valence electrons. The maximum absolute atomic E-state index is 12.7. The summed E-state index contributed by atoms with van der Waals surface area (Å²) >= 11 is 83.3. The van der Waals surface area contributed by atoms with Gasteiger partial charge in [0.05, 0.1) is 25.7 Å². The second-order valence-electron chi connectivity index (χ2n) is 10.1. The molecule has 0 amide bonds. The number of allylic oxidation sites excluding steroid dienone is 4. The van der Waals surface area contributed by atoms with Crippen LogP contribution < -0.4 is 0 Å². The Morgan fingerprint density at radius 3 is 1.42 bits per heavy atom. The van der Waals surface area contributed by atoms with Crippen molar-refractivity contribution in [3.05, 3.63) is 49.0 Å². The summed E-state index contributed by atoms with van der Waals surface area (Å²) in [5.41, 5.74) is 0.302. The predicted molar refractivity (Wildman–Crippen MR) is 152 cm³/mol. The SMILES string of the molecule is O=C1OS(=O)(=O)c2cc3c(cc21)[C@@H]1[C@H]([C@H]2[C@@H]3[C@@]3(Cl)C(Cl)=C(Cl)[C@@]2(Cl)C3(Cl)Cl)[C@@]2(Cl)C(Cl)=C(Cl)[C@@]1(Cl)C2(Cl)Cl. The summed E-state index contributed by atoms with van der Waals surface area (Å²) in [7, 11) is -4.45.